The van der Waals surface area contributed by atoms with E-state index in [-0.39, 0.29) is 5.91 Å². The van der Waals surface area contributed by atoms with Crippen LogP contribution < -0.4 is 5.73 Å². The second-order valence-electron chi connectivity index (χ2n) is 2.59. The Morgan fingerprint density at radius 3 is 2.18 bits per heavy atom. The smallest absolute Gasteiger partial charge is 0.226 e. The Hall–Kier alpha value is -1.06. The first kappa shape index (κ1) is 9.94. The third-order valence-corrected chi connectivity index (χ3v) is 1.28. The Bertz CT molecular complexity index is 166. The van der Waals surface area contributed by atoms with Crippen molar-refractivity contribution < 1.29 is 9.59 Å². The van der Waals surface area contributed by atoms with E-state index in [0.717, 1.165) is 0 Å². The minimum absolute atomic E-state index is 0.198. The third kappa shape index (κ3) is 3.60. The highest BCUT2D eigenvalue weighted by Crippen LogP contribution is 2.00. The van der Waals surface area contributed by atoms with Crippen LogP contribution in [-0.2, 0) is 9.59 Å². The first-order chi connectivity index (χ1) is 4.95. The van der Waals surface area contributed by atoms with Gasteiger partial charge in [0.2, 0.25) is 11.8 Å². The van der Waals surface area contributed by atoms with Crippen molar-refractivity contribution >= 4 is 11.8 Å². The molecular formula is C7H13N2O2. The van der Waals surface area contributed by atoms with Gasteiger partial charge in [-0.25, -0.2) is 0 Å². The summed E-state index contributed by atoms with van der Waals surface area (Å²) in [5.41, 5.74) is 4.94. The number of carbonyl (C=O) groups is 2. The van der Waals surface area contributed by atoms with Crippen molar-refractivity contribution in [1.29, 1.82) is 0 Å². The van der Waals surface area contributed by atoms with Gasteiger partial charge in [0.25, 0.3) is 0 Å². The molecule has 0 bridgehead atoms. The van der Waals surface area contributed by atoms with Gasteiger partial charge < -0.3 is 10.6 Å². The highest BCUT2D eigenvalue weighted by atomic mass is 16.2. The van der Waals surface area contributed by atoms with Crippen molar-refractivity contribution in [2.45, 2.75) is 6.92 Å². The Morgan fingerprint density at radius 2 is 1.91 bits per heavy atom. The monoisotopic (exact) mass is 157 g/mol. The van der Waals surface area contributed by atoms with Gasteiger partial charge >= 0.3 is 0 Å². The minimum Gasteiger partial charge on any atom is -0.369 e. The molecule has 0 aliphatic rings. The lowest BCUT2D eigenvalue weighted by molar-refractivity contribution is -0.128. The maximum absolute atomic E-state index is 10.9. The topological polar surface area (TPSA) is 63.4 Å². The lowest BCUT2D eigenvalue weighted by Gasteiger charge is -2.11. The maximum Gasteiger partial charge on any atom is 0.226 e. The summed E-state index contributed by atoms with van der Waals surface area (Å²) in [4.78, 5) is 22.8. The van der Waals surface area contributed by atoms with E-state index in [4.69, 9.17) is 5.73 Å². The summed E-state index contributed by atoms with van der Waals surface area (Å²) in [7, 11) is 3.24. The average molecular weight is 157 g/mol. The van der Waals surface area contributed by atoms with Gasteiger partial charge in [-0.2, -0.15) is 0 Å². The number of rotatable bonds is 3. The normalized spacial score (nSPS) is 12.3. The average Bonchev–Trinajstić information content (AvgIpc) is 1.87. The fourth-order valence-corrected chi connectivity index (χ4v) is 0.445. The van der Waals surface area contributed by atoms with E-state index >= 15 is 0 Å². The summed E-state index contributed by atoms with van der Waals surface area (Å²) in [5, 5.41) is 0. The third-order valence-electron chi connectivity index (χ3n) is 1.28. The quantitative estimate of drug-likeness (QED) is 0.594. The van der Waals surface area contributed by atoms with E-state index < -0.39 is 11.8 Å². The fourth-order valence-electron chi connectivity index (χ4n) is 0.445. The molecule has 2 amide bonds. The molecule has 0 aliphatic carbocycles. The fraction of sp³-hybridized carbons (Fsp3) is 0.571. The van der Waals surface area contributed by atoms with Crippen LogP contribution in [0.25, 0.3) is 0 Å². The van der Waals surface area contributed by atoms with Crippen LogP contribution in [0.3, 0.4) is 0 Å². The number of carbonyl (C=O) groups excluding carboxylic acids is 2. The first-order valence-corrected chi connectivity index (χ1v) is 3.30. The number of amides is 2. The molecule has 1 radical (unpaired) electrons. The van der Waals surface area contributed by atoms with Crippen molar-refractivity contribution in [2.75, 3.05) is 14.1 Å². The van der Waals surface area contributed by atoms with Crippen LogP contribution in [-0.4, -0.2) is 30.8 Å². The molecule has 0 aromatic carbocycles. The zero-order valence-corrected chi connectivity index (χ0v) is 7.00. The molecule has 11 heavy (non-hydrogen) atoms. The van der Waals surface area contributed by atoms with Crippen LogP contribution in [0.15, 0.2) is 0 Å². The van der Waals surface area contributed by atoms with E-state index in [2.05, 4.69) is 0 Å². The number of nitrogens with zero attached hydrogens (tertiary/aromatic N) is 1. The molecule has 0 spiro atoms. The lowest BCUT2D eigenvalue weighted by Crippen LogP contribution is -2.29. The van der Waals surface area contributed by atoms with Crippen LogP contribution in [0.4, 0.5) is 0 Å². The predicted molar refractivity (Wildman–Crippen MR) is 41.4 cm³/mol. The molecule has 0 fully saturated rings. The Labute approximate surface area is 66.4 Å². The molecule has 0 aromatic rings. The highest BCUT2D eigenvalue weighted by Gasteiger charge is 2.15. The second-order valence-corrected chi connectivity index (χ2v) is 2.59. The van der Waals surface area contributed by atoms with Gasteiger partial charge in [0.1, 0.15) is 0 Å². The van der Waals surface area contributed by atoms with E-state index in [9.17, 15) is 9.59 Å². The molecule has 63 valence electrons. The summed E-state index contributed by atoms with van der Waals surface area (Å²) in [6.45, 7) is 1.59. The lowest BCUT2D eigenvalue weighted by atomic mass is 10.1. The van der Waals surface area contributed by atoms with Gasteiger partial charge in [0.15, 0.2) is 0 Å². The number of hydrogen-bond acceptors (Lipinski definition) is 2. The molecule has 4 heteroatoms. The van der Waals surface area contributed by atoms with E-state index in [1.807, 2.05) is 0 Å². The van der Waals surface area contributed by atoms with Crippen LogP contribution in [0.2, 0.25) is 0 Å². The van der Waals surface area contributed by atoms with Gasteiger partial charge in [0, 0.05) is 20.0 Å². The molecule has 0 saturated heterocycles. The van der Waals surface area contributed by atoms with Gasteiger partial charge in [-0.15, -0.1) is 0 Å². The molecule has 2 N–H and O–H groups in total. The molecule has 1 atom stereocenters. The molecule has 0 unspecified atom stereocenters. The summed E-state index contributed by atoms with van der Waals surface area (Å²) in [6.07, 6.45) is 1.29. The minimum atomic E-state index is -0.495. The van der Waals surface area contributed by atoms with Gasteiger partial charge in [-0.3, -0.25) is 9.59 Å². The molecule has 0 aromatic heterocycles. The van der Waals surface area contributed by atoms with Gasteiger partial charge in [-0.05, 0) is 0 Å². The van der Waals surface area contributed by atoms with E-state index in [1.165, 1.54) is 11.3 Å². The van der Waals surface area contributed by atoms with Gasteiger partial charge in [0.05, 0.1) is 6.42 Å². The largest absolute Gasteiger partial charge is 0.369 e. The number of primary amides is 1. The molecule has 0 saturated carbocycles. The van der Waals surface area contributed by atoms with Crippen molar-refractivity contribution in [3.8, 4) is 0 Å². The SMILES string of the molecule is C[C@@H]([CH]C(=O)N(C)C)C(N)=O. The van der Waals surface area contributed by atoms with Crippen LogP contribution in [0.5, 0.6) is 0 Å². The molecular weight excluding hydrogens is 144 g/mol. The highest BCUT2D eigenvalue weighted by molar-refractivity contribution is 5.91. The van der Waals surface area contributed by atoms with Crippen LogP contribution >= 0.6 is 0 Å². The Morgan fingerprint density at radius 1 is 1.45 bits per heavy atom. The van der Waals surface area contributed by atoms with Crippen molar-refractivity contribution in [3.05, 3.63) is 6.42 Å². The summed E-state index contributed by atoms with van der Waals surface area (Å²) < 4.78 is 0. The first-order valence-electron chi connectivity index (χ1n) is 3.30. The molecule has 0 rings (SSSR count). The maximum atomic E-state index is 10.9. The molecule has 0 heterocycles. The standard InChI is InChI=1S/C7H13N2O2/c1-5(7(8)11)4-6(10)9(2)3/h4-5H,1-3H3,(H2,8,11)/t5-/m0/s1. The van der Waals surface area contributed by atoms with Crippen LogP contribution in [0.1, 0.15) is 6.92 Å². The number of hydrogen-bond donors (Lipinski definition) is 1. The Kier molecular flexibility index (Phi) is 3.57. The van der Waals surface area contributed by atoms with E-state index in [1.54, 1.807) is 21.0 Å². The second kappa shape index (κ2) is 3.95. The van der Waals surface area contributed by atoms with Crippen molar-refractivity contribution in [2.24, 2.45) is 11.7 Å². The van der Waals surface area contributed by atoms with Crippen molar-refractivity contribution in [1.82, 2.24) is 4.90 Å². The van der Waals surface area contributed by atoms with Crippen LogP contribution in [0, 0.1) is 12.3 Å². The zero-order chi connectivity index (χ0) is 9.02. The van der Waals surface area contributed by atoms with E-state index in [0.29, 0.717) is 0 Å². The molecule has 0 aliphatic heterocycles. The summed E-state index contributed by atoms with van der Waals surface area (Å²) in [5.74, 6) is -1.18. The summed E-state index contributed by atoms with van der Waals surface area (Å²) in [6, 6.07) is 0. The van der Waals surface area contributed by atoms with Crippen molar-refractivity contribution in [3.63, 3.8) is 0 Å². The molecule has 4 nitrogen and oxygen atoms in total. The predicted octanol–water partition coefficient (Wildman–Crippen LogP) is -0.600. The summed E-state index contributed by atoms with van der Waals surface area (Å²) >= 11 is 0. The van der Waals surface area contributed by atoms with Gasteiger partial charge in [-0.1, -0.05) is 6.92 Å². The Balaban J connectivity index is 3.85. The zero-order valence-electron chi connectivity index (χ0n) is 7.00. The number of nitrogens with two attached hydrogens (primary N) is 1.